The molecule has 0 spiro atoms. The second-order valence-electron chi connectivity index (χ2n) is 8.56. The number of halogens is 1. The summed E-state index contributed by atoms with van der Waals surface area (Å²) in [5.74, 6) is 0.805. The third kappa shape index (κ3) is 4.76. The standard InChI is InChI=1S/C23H27ClN4O3S/c1-15(2)13-20(22-25-18-7-3-4-8-19(18)26-22)27-23(29)16-9-10-17(24)21(14-16)28-11-5-6-12-32(28,30)31/h3-4,7-10,14-15,20H,5-6,11-13H2,1-2H3,(H,25,26)(H,27,29)/t20-/m0/s1. The number of sulfonamides is 1. The molecule has 1 aromatic heterocycles. The summed E-state index contributed by atoms with van der Waals surface area (Å²) in [6.07, 6.45) is 2.09. The van der Waals surface area contributed by atoms with Gasteiger partial charge in [-0.05, 0) is 55.5 Å². The summed E-state index contributed by atoms with van der Waals surface area (Å²) < 4.78 is 26.4. The number of aromatic amines is 1. The van der Waals surface area contributed by atoms with E-state index in [1.54, 1.807) is 18.2 Å². The lowest BCUT2D eigenvalue weighted by Crippen LogP contribution is -2.38. The average molecular weight is 475 g/mol. The molecule has 2 N–H and O–H groups in total. The lowest BCUT2D eigenvalue weighted by molar-refractivity contribution is 0.0930. The molecule has 0 bridgehead atoms. The van der Waals surface area contributed by atoms with Crippen molar-refractivity contribution in [3.8, 4) is 0 Å². The Labute approximate surface area is 193 Å². The van der Waals surface area contributed by atoms with Crippen molar-refractivity contribution in [1.82, 2.24) is 15.3 Å². The van der Waals surface area contributed by atoms with E-state index in [0.717, 1.165) is 17.5 Å². The second kappa shape index (κ2) is 9.11. The Balaban J connectivity index is 1.62. The highest BCUT2D eigenvalue weighted by Crippen LogP contribution is 2.32. The van der Waals surface area contributed by atoms with Crippen LogP contribution in [0.5, 0.6) is 0 Å². The Morgan fingerprint density at radius 1 is 1.22 bits per heavy atom. The molecule has 1 fully saturated rings. The number of anilines is 1. The van der Waals surface area contributed by atoms with E-state index in [-0.39, 0.29) is 17.7 Å². The van der Waals surface area contributed by atoms with Gasteiger partial charge in [-0.25, -0.2) is 13.4 Å². The van der Waals surface area contributed by atoms with Crippen LogP contribution in [0.15, 0.2) is 42.5 Å². The highest BCUT2D eigenvalue weighted by atomic mass is 35.5. The van der Waals surface area contributed by atoms with Crippen molar-refractivity contribution in [3.05, 3.63) is 58.9 Å². The molecule has 32 heavy (non-hydrogen) atoms. The number of H-pyrrole nitrogens is 1. The zero-order chi connectivity index (χ0) is 22.9. The Morgan fingerprint density at radius 3 is 2.72 bits per heavy atom. The summed E-state index contributed by atoms with van der Waals surface area (Å²) in [4.78, 5) is 21.1. The molecule has 2 heterocycles. The highest BCUT2D eigenvalue weighted by molar-refractivity contribution is 7.92. The van der Waals surface area contributed by atoms with Gasteiger partial charge in [0.2, 0.25) is 10.0 Å². The summed E-state index contributed by atoms with van der Waals surface area (Å²) in [7, 11) is -3.44. The average Bonchev–Trinajstić information content (AvgIpc) is 3.17. The Hall–Kier alpha value is -2.58. The normalized spacial score (nSPS) is 16.9. The van der Waals surface area contributed by atoms with Gasteiger partial charge in [-0.3, -0.25) is 9.10 Å². The topological polar surface area (TPSA) is 95.2 Å². The van der Waals surface area contributed by atoms with E-state index in [2.05, 4.69) is 29.1 Å². The van der Waals surface area contributed by atoms with Crippen molar-refractivity contribution in [2.75, 3.05) is 16.6 Å². The van der Waals surface area contributed by atoms with E-state index in [1.165, 1.54) is 4.31 Å². The lowest BCUT2D eigenvalue weighted by Gasteiger charge is -2.29. The fourth-order valence-electron chi connectivity index (χ4n) is 3.99. The first-order chi connectivity index (χ1) is 15.2. The van der Waals surface area contributed by atoms with Gasteiger partial charge in [0.1, 0.15) is 5.82 Å². The summed E-state index contributed by atoms with van der Waals surface area (Å²) >= 11 is 6.32. The number of para-hydroxylation sites is 2. The van der Waals surface area contributed by atoms with Crippen LogP contribution in [0.1, 0.15) is 55.3 Å². The van der Waals surface area contributed by atoms with Crippen molar-refractivity contribution in [1.29, 1.82) is 0 Å². The van der Waals surface area contributed by atoms with Crippen molar-refractivity contribution >= 4 is 44.3 Å². The van der Waals surface area contributed by atoms with E-state index < -0.39 is 10.0 Å². The van der Waals surface area contributed by atoms with Gasteiger partial charge in [-0.2, -0.15) is 0 Å². The number of nitrogens with one attached hydrogen (secondary N) is 2. The molecule has 4 rings (SSSR count). The molecular formula is C23H27ClN4O3S. The molecule has 1 aliphatic heterocycles. The molecule has 0 aliphatic carbocycles. The number of hydrogen-bond acceptors (Lipinski definition) is 4. The number of fused-ring (bicyclic) bond motifs is 1. The van der Waals surface area contributed by atoms with Gasteiger partial charge >= 0.3 is 0 Å². The van der Waals surface area contributed by atoms with Crippen molar-refractivity contribution in [2.45, 2.75) is 39.2 Å². The Morgan fingerprint density at radius 2 is 2.00 bits per heavy atom. The molecule has 1 saturated heterocycles. The number of hydrogen-bond donors (Lipinski definition) is 2. The maximum atomic E-state index is 13.2. The maximum Gasteiger partial charge on any atom is 0.251 e. The molecule has 1 aliphatic rings. The van der Waals surface area contributed by atoms with Gasteiger partial charge < -0.3 is 10.3 Å². The van der Waals surface area contributed by atoms with E-state index in [0.29, 0.717) is 47.4 Å². The van der Waals surface area contributed by atoms with Crippen LogP contribution in [0.3, 0.4) is 0 Å². The monoisotopic (exact) mass is 474 g/mol. The molecule has 1 atom stereocenters. The van der Waals surface area contributed by atoms with E-state index in [4.69, 9.17) is 11.6 Å². The molecular weight excluding hydrogens is 448 g/mol. The number of imidazole rings is 1. The Kier molecular flexibility index (Phi) is 6.44. The van der Waals surface area contributed by atoms with Crippen molar-refractivity contribution in [3.63, 3.8) is 0 Å². The van der Waals surface area contributed by atoms with Crippen LogP contribution >= 0.6 is 11.6 Å². The Bertz CT molecular complexity index is 1210. The molecule has 9 heteroatoms. The third-order valence-corrected chi connectivity index (χ3v) is 7.75. The summed E-state index contributed by atoms with van der Waals surface area (Å²) in [5, 5.41) is 3.38. The number of rotatable bonds is 6. The van der Waals surface area contributed by atoms with Crippen LogP contribution in [-0.2, 0) is 10.0 Å². The van der Waals surface area contributed by atoms with E-state index in [9.17, 15) is 13.2 Å². The van der Waals surface area contributed by atoms with E-state index >= 15 is 0 Å². The smallest absolute Gasteiger partial charge is 0.251 e. The number of amides is 1. The van der Waals surface area contributed by atoms with Crippen LogP contribution in [0.4, 0.5) is 5.69 Å². The minimum atomic E-state index is -3.44. The van der Waals surface area contributed by atoms with E-state index in [1.807, 2.05) is 24.3 Å². The van der Waals surface area contributed by atoms with Crippen molar-refractivity contribution < 1.29 is 13.2 Å². The second-order valence-corrected chi connectivity index (χ2v) is 11.0. The van der Waals surface area contributed by atoms with Gasteiger partial charge in [0.25, 0.3) is 5.91 Å². The third-order valence-electron chi connectivity index (χ3n) is 5.58. The molecule has 0 saturated carbocycles. The fraction of sp³-hybridized carbons (Fsp3) is 0.391. The first-order valence-corrected chi connectivity index (χ1v) is 12.8. The van der Waals surface area contributed by atoms with Crippen LogP contribution in [-0.4, -0.2) is 36.6 Å². The molecule has 170 valence electrons. The predicted octanol–water partition coefficient (Wildman–Crippen LogP) is 4.66. The van der Waals surface area contributed by atoms with Gasteiger partial charge in [-0.15, -0.1) is 0 Å². The quantitative estimate of drug-likeness (QED) is 0.543. The van der Waals surface area contributed by atoms with Gasteiger partial charge in [-0.1, -0.05) is 37.6 Å². The number of nitrogens with zero attached hydrogens (tertiary/aromatic N) is 2. The van der Waals surface area contributed by atoms with Gasteiger partial charge in [0.05, 0.1) is 33.5 Å². The van der Waals surface area contributed by atoms with Gasteiger partial charge in [0.15, 0.2) is 0 Å². The minimum absolute atomic E-state index is 0.0856. The molecule has 3 aromatic rings. The van der Waals surface area contributed by atoms with Crippen LogP contribution in [0.2, 0.25) is 5.02 Å². The predicted molar refractivity (Wildman–Crippen MR) is 128 cm³/mol. The summed E-state index contributed by atoms with van der Waals surface area (Å²) in [5.41, 5.74) is 2.46. The molecule has 0 radical (unpaired) electrons. The largest absolute Gasteiger partial charge is 0.342 e. The number of aromatic nitrogens is 2. The van der Waals surface area contributed by atoms with Crippen LogP contribution in [0, 0.1) is 5.92 Å². The number of benzene rings is 2. The molecule has 2 aromatic carbocycles. The molecule has 0 unspecified atom stereocenters. The number of carbonyl (C=O) groups excluding carboxylic acids is 1. The SMILES string of the molecule is CC(C)C[C@H](NC(=O)c1ccc(Cl)c(N2CCCCS2(=O)=O)c1)c1nc2ccccc2[nH]1. The fourth-order valence-corrected chi connectivity index (χ4v) is 5.91. The van der Waals surface area contributed by atoms with Crippen LogP contribution < -0.4 is 9.62 Å². The summed E-state index contributed by atoms with van der Waals surface area (Å²) in [6.45, 7) is 4.54. The summed E-state index contributed by atoms with van der Waals surface area (Å²) in [6, 6.07) is 12.2. The molecule has 7 nitrogen and oxygen atoms in total. The minimum Gasteiger partial charge on any atom is -0.342 e. The highest BCUT2D eigenvalue weighted by Gasteiger charge is 2.28. The van der Waals surface area contributed by atoms with Crippen molar-refractivity contribution in [2.24, 2.45) is 5.92 Å². The van der Waals surface area contributed by atoms with Crippen LogP contribution in [0.25, 0.3) is 11.0 Å². The first-order valence-electron chi connectivity index (χ1n) is 10.8. The zero-order valence-electron chi connectivity index (χ0n) is 18.1. The van der Waals surface area contributed by atoms with Gasteiger partial charge in [0, 0.05) is 12.1 Å². The number of carbonyl (C=O) groups is 1. The maximum absolute atomic E-state index is 13.2. The first kappa shape index (κ1) is 22.6. The zero-order valence-corrected chi connectivity index (χ0v) is 19.7. The lowest BCUT2D eigenvalue weighted by atomic mass is 10.0. The molecule has 1 amide bonds.